The number of aliphatic carboxylic acids is 1. The van der Waals surface area contributed by atoms with Gasteiger partial charge >= 0.3 is 5.97 Å². The number of aromatic nitrogens is 1. The van der Waals surface area contributed by atoms with Gasteiger partial charge in [0.1, 0.15) is 0 Å². The van der Waals surface area contributed by atoms with Gasteiger partial charge in [0.15, 0.2) is 0 Å². The van der Waals surface area contributed by atoms with E-state index in [4.69, 9.17) is 5.11 Å². The SMILES string of the molecule is CCCc1nc(CN(CC)C(C)CC(=O)O)cs1. The van der Waals surface area contributed by atoms with Gasteiger partial charge in [-0.1, -0.05) is 13.8 Å². The fourth-order valence-electron chi connectivity index (χ4n) is 1.92. The Morgan fingerprint density at radius 3 is 2.83 bits per heavy atom. The molecule has 0 bridgehead atoms. The monoisotopic (exact) mass is 270 g/mol. The highest BCUT2D eigenvalue weighted by atomic mass is 32.1. The number of aryl methyl sites for hydroxylation is 1. The Labute approximate surface area is 113 Å². The lowest BCUT2D eigenvalue weighted by molar-refractivity contribution is -0.138. The van der Waals surface area contributed by atoms with Gasteiger partial charge in [-0.2, -0.15) is 0 Å². The topological polar surface area (TPSA) is 53.4 Å². The second-order valence-electron chi connectivity index (χ2n) is 4.49. The summed E-state index contributed by atoms with van der Waals surface area (Å²) >= 11 is 1.70. The standard InChI is InChI=1S/C13H22N2O2S/c1-4-6-12-14-11(9-18-12)8-15(5-2)10(3)7-13(16)17/h9-10H,4-8H2,1-3H3,(H,16,17). The van der Waals surface area contributed by atoms with E-state index in [1.165, 1.54) is 5.01 Å². The van der Waals surface area contributed by atoms with Crippen molar-refractivity contribution in [1.29, 1.82) is 0 Å². The van der Waals surface area contributed by atoms with E-state index < -0.39 is 5.97 Å². The Balaban J connectivity index is 2.58. The summed E-state index contributed by atoms with van der Waals surface area (Å²) in [5.41, 5.74) is 1.06. The van der Waals surface area contributed by atoms with E-state index in [1.807, 2.05) is 6.92 Å². The molecule has 4 nitrogen and oxygen atoms in total. The van der Waals surface area contributed by atoms with Crippen LogP contribution in [0.5, 0.6) is 0 Å². The zero-order valence-electron chi connectivity index (χ0n) is 11.3. The highest BCUT2D eigenvalue weighted by Gasteiger charge is 2.16. The van der Waals surface area contributed by atoms with Crippen LogP contribution in [0, 0.1) is 0 Å². The lowest BCUT2D eigenvalue weighted by atomic mass is 10.2. The summed E-state index contributed by atoms with van der Waals surface area (Å²) in [6, 6.07) is 0.0452. The molecule has 0 amide bonds. The number of rotatable bonds is 8. The first kappa shape index (κ1) is 15.1. The molecule has 1 N–H and O–H groups in total. The molecule has 0 saturated heterocycles. The molecule has 0 aliphatic heterocycles. The molecule has 1 heterocycles. The van der Waals surface area contributed by atoms with Gasteiger partial charge in [0.25, 0.3) is 0 Å². The predicted octanol–water partition coefficient (Wildman–Crippen LogP) is 2.78. The molecule has 0 aliphatic rings. The average Bonchev–Trinajstić information content (AvgIpc) is 2.73. The molecule has 102 valence electrons. The van der Waals surface area contributed by atoms with Crippen LogP contribution in [0.1, 0.15) is 44.3 Å². The van der Waals surface area contributed by atoms with Crippen LogP contribution in [0.15, 0.2) is 5.38 Å². The van der Waals surface area contributed by atoms with Crippen LogP contribution >= 0.6 is 11.3 Å². The molecule has 1 aromatic rings. The normalized spacial score (nSPS) is 12.9. The summed E-state index contributed by atoms with van der Waals surface area (Å²) in [5.74, 6) is -0.745. The summed E-state index contributed by atoms with van der Waals surface area (Å²) in [4.78, 5) is 17.5. The largest absolute Gasteiger partial charge is 0.481 e. The van der Waals surface area contributed by atoms with Crippen molar-refractivity contribution in [3.8, 4) is 0 Å². The van der Waals surface area contributed by atoms with E-state index >= 15 is 0 Å². The van der Waals surface area contributed by atoms with E-state index in [0.29, 0.717) is 0 Å². The van der Waals surface area contributed by atoms with Crippen molar-refractivity contribution in [2.75, 3.05) is 6.54 Å². The van der Waals surface area contributed by atoms with Crippen molar-refractivity contribution in [1.82, 2.24) is 9.88 Å². The molecule has 1 aromatic heterocycles. The second-order valence-corrected chi connectivity index (χ2v) is 5.44. The number of carboxylic acid groups (broad SMARTS) is 1. The fraction of sp³-hybridized carbons (Fsp3) is 0.692. The Morgan fingerprint density at radius 1 is 1.56 bits per heavy atom. The van der Waals surface area contributed by atoms with Crippen LogP contribution in [-0.2, 0) is 17.8 Å². The molecule has 1 unspecified atom stereocenters. The van der Waals surface area contributed by atoms with Gasteiger partial charge < -0.3 is 5.11 Å². The van der Waals surface area contributed by atoms with E-state index in [1.54, 1.807) is 11.3 Å². The van der Waals surface area contributed by atoms with Gasteiger partial charge in [0.05, 0.1) is 17.1 Å². The van der Waals surface area contributed by atoms with Gasteiger partial charge in [-0.3, -0.25) is 9.69 Å². The van der Waals surface area contributed by atoms with Crippen molar-refractivity contribution in [2.45, 2.75) is 52.6 Å². The first-order valence-corrected chi connectivity index (χ1v) is 7.33. The molecule has 1 rings (SSSR count). The first-order chi connectivity index (χ1) is 8.56. The lowest BCUT2D eigenvalue weighted by Gasteiger charge is -2.25. The van der Waals surface area contributed by atoms with E-state index in [0.717, 1.165) is 31.6 Å². The quantitative estimate of drug-likeness (QED) is 0.789. The number of carbonyl (C=O) groups is 1. The average molecular weight is 270 g/mol. The lowest BCUT2D eigenvalue weighted by Crippen LogP contribution is -2.34. The fourth-order valence-corrected chi connectivity index (χ4v) is 2.81. The Hall–Kier alpha value is -0.940. The number of hydrogen-bond acceptors (Lipinski definition) is 4. The maximum absolute atomic E-state index is 10.7. The molecule has 0 spiro atoms. The van der Waals surface area contributed by atoms with Gasteiger partial charge in [0, 0.05) is 18.0 Å². The molecule has 0 fully saturated rings. The number of carboxylic acids is 1. The zero-order chi connectivity index (χ0) is 13.5. The van der Waals surface area contributed by atoms with Gasteiger partial charge in [-0.25, -0.2) is 4.98 Å². The molecule has 0 aliphatic carbocycles. The third-order valence-corrected chi connectivity index (χ3v) is 3.89. The third-order valence-electron chi connectivity index (χ3n) is 2.93. The van der Waals surface area contributed by atoms with Gasteiger partial charge in [-0.15, -0.1) is 11.3 Å². The second kappa shape index (κ2) is 7.48. The minimum absolute atomic E-state index is 0.0452. The highest BCUT2D eigenvalue weighted by Crippen LogP contribution is 2.15. The molecule has 18 heavy (non-hydrogen) atoms. The van der Waals surface area contributed by atoms with E-state index in [9.17, 15) is 4.79 Å². The Kier molecular flexibility index (Phi) is 6.29. The van der Waals surface area contributed by atoms with Crippen LogP contribution in [0.2, 0.25) is 0 Å². The van der Waals surface area contributed by atoms with Crippen LogP contribution in [0.4, 0.5) is 0 Å². The van der Waals surface area contributed by atoms with Crippen molar-refractivity contribution in [3.05, 3.63) is 16.1 Å². The van der Waals surface area contributed by atoms with Crippen LogP contribution in [0.25, 0.3) is 0 Å². The molecule has 0 aromatic carbocycles. The molecule has 5 heteroatoms. The molecular formula is C13H22N2O2S. The molecular weight excluding hydrogens is 248 g/mol. The summed E-state index contributed by atoms with van der Waals surface area (Å²) < 4.78 is 0. The summed E-state index contributed by atoms with van der Waals surface area (Å²) in [7, 11) is 0. The maximum atomic E-state index is 10.7. The molecule has 0 saturated carbocycles. The molecule has 0 radical (unpaired) electrons. The van der Waals surface area contributed by atoms with E-state index in [-0.39, 0.29) is 12.5 Å². The van der Waals surface area contributed by atoms with Crippen molar-refractivity contribution >= 4 is 17.3 Å². The summed E-state index contributed by atoms with van der Waals surface area (Å²) in [6.45, 7) is 7.74. The van der Waals surface area contributed by atoms with Gasteiger partial charge in [-0.05, 0) is 26.3 Å². The van der Waals surface area contributed by atoms with Crippen molar-refractivity contribution in [2.24, 2.45) is 0 Å². The van der Waals surface area contributed by atoms with Crippen molar-refractivity contribution < 1.29 is 9.90 Å². The van der Waals surface area contributed by atoms with Gasteiger partial charge in [0.2, 0.25) is 0 Å². The van der Waals surface area contributed by atoms with Crippen LogP contribution in [0.3, 0.4) is 0 Å². The minimum atomic E-state index is -0.745. The van der Waals surface area contributed by atoms with Crippen LogP contribution < -0.4 is 0 Å². The Morgan fingerprint density at radius 2 is 2.28 bits per heavy atom. The summed E-state index contributed by atoms with van der Waals surface area (Å²) in [6.07, 6.45) is 2.32. The summed E-state index contributed by atoms with van der Waals surface area (Å²) in [5, 5.41) is 12.1. The maximum Gasteiger partial charge on any atom is 0.304 e. The highest BCUT2D eigenvalue weighted by molar-refractivity contribution is 7.09. The number of thiazole rings is 1. The Bertz CT molecular complexity index is 379. The minimum Gasteiger partial charge on any atom is -0.481 e. The predicted molar refractivity (Wildman–Crippen MR) is 73.9 cm³/mol. The smallest absolute Gasteiger partial charge is 0.304 e. The third kappa shape index (κ3) is 4.74. The van der Waals surface area contributed by atoms with Crippen LogP contribution in [-0.4, -0.2) is 33.5 Å². The molecule has 1 atom stereocenters. The zero-order valence-corrected chi connectivity index (χ0v) is 12.2. The number of nitrogens with zero attached hydrogens (tertiary/aromatic N) is 2. The van der Waals surface area contributed by atoms with Crippen molar-refractivity contribution in [3.63, 3.8) is 0 Å². The van der Waals surface area contributed by atoms with E-state index in [2.05, 4.69) is 29.1 Å². The number of hydrogen-bond donors (Lipinski definition) is 1. The first-order valence-electron chi connectivity index (χ1n) is 6.45.